The van der Waals surface area contributed by atoms with Crippen LogP contribution in [-0.2, 0) is 10.0 Å². The number of rotatable bonds is 9. The van der Waals surface area contributed by atoms with Gasteiger partial charge in [0.05, 0.1) is 7.11 Å². The lowest BCUT2D eigenvalue weighted by molar-refractivity contribution is 0.402. The van der Waals surface area contributed by atoms with Crippen LogP contribution in [0.3, 0.4) is 0 Å². The van der Waals surface area contributed by atoms with E-state index in [2.05, 4.69) is 33.7 Å². The zero-order chi connectivity index (χ0) is 19.2. The minimum atomic E-state index is -3.82. The Labute approximate surface area is 155 Å². The fourth-order valence-electron chi connectivity index (χ4n) is 2.62. The van der Waals surface area contributed by atoms with Gasteiger partial charge in [-0.1, -0.05) is 19.9 Å². The minimum Gasteiger partial charge on any atom is -0.495 e. The number of methoxy groups -OCH3 is 1. The summed E-state index contributed by atoms with van der Waals surface area (Å²) in [4.78, 5) is 2.21. The molecule has 2 aromatic rings. The number of hydrogen-bond acceptors (Lipinski definition) is 6. The number of hydrogen-bond donors (Lipinski definition) is 1. The van der Waals surface area contributed by atoms with Gasteiger partial charge in [-0.25, -0.2) is 8.42 Å². The molecule has 0 aliphatic carbocycles. The Morgan fingerprint density at radius 1 is 1.08 bits per heavy atom. The molecular formula is C18H26N4O3S. The Morgan fingerprint density at radius 3 is 2.31 bits per heavy atom. The summed E-state index contributed by atoms with van der Waals surface area (Å²) in [7, 11) is -2.38. The van der Waals surface area contributed by atoms with Gasteiger partial charge in [0.1, 0.15) is 10.6 Å². The highest BCUT2D eigenvalue weighted by atomic mass is 32.2. The van der Waals surface area contributed by atoms with Crippen LogP contribution in [0.15, 0.2) is 35.2 Å². The van der Waals surface area contributed by atoms with E-state index in [0.717, 1.165) is 37.3 Å². The third-order valence-corrected chi connectivity index (χ3v) is 5.19. The van der Waals surface area contributed by atoms with Crippen LogP contribution in [0.4, 0.5) is 11.6 Å². The quantitative estimate of drug-likeness (QED) is 0.721. The number of nitrogens with zero attached hydrogens (tertiary/aromatic N) is 3. The van der Waals surface area contributed by atoms with Gasteiger partial charge in [-0.15, -0.1) is 10.2 Å². The summed E-state index contributed by atoms with van der Waals surface area (Å²) >= 11 is 0. The van der Waals surface area contributed by atoms with Crippen LogP contribution in [0, 0.1) is 6.92 Å². The molecule has 142 valence electrons. The average molecular weight is 378 g/mol. The smallest absolute Gasteiger partial charge is 0.266 e. The number of benzene rings is 1. The topological polar surface area (TPSA) is 84.4 Å². The highest BCUT2D eigenvalue weighted by Crippen LogP contribution is 2.26. The van der Waals surface area contributed by atoms with Crippen LogP contribution in [-0.4, -0.2) is 38.8 Å². The SMILES string of the molecule is CCCN(CCC)c1ccc(NS(=O)(=O)c2cc(C)ccc2OC)nn1. The Morgan fingerprint density at radius 2 is 1.77 bits per heavy atom. The lowest BCUT2D eigenvalue weighted by Crippen LogP contribution is -2.26. The van der Waals surface area contributed by atoms with E-state index in [0.29, 0.717) is 0 Å². The predicted molar refractivity (Wildman–Crippen MR) is 103 cm³/mol. The maximum Gasteiger partial charge on any atom is 0.266 e. The summed E-state index contributed by atoms with van der Waals surface area (Å²) in [5.74, 6) is 1.19. The number of aryl methyl sites for hydroxylation is 1. The number of ether oxygens (including phenoxy) is 1. The summed E-state index contributed by atoms with van der Waals surface area (Å²) in [6.45, 7) is 7.80. The molecule has 0 bridgehead atoms. The molecular weight excluding hydrogens is 352 g/mol. The van der Waals surface area contributed by atoms with Crippen molar-refractivity contribution in [3.63, 3.8) is 0 Å². The summed E-state index contributed by atoms with van der Waals surface area (Å²) in [6.07, 6.45) is 2.01. The van der Waals surface area contributed by atoms with E-state index in [1.165, 1.54) is 7.11 Å². The van der Waals surface area contributed by atoms with Gasteiger partial charge in [0, 0.05) is 13.1 Å². The average Bonchev–Trinajstić information content (AvgIpc) is 2.62. The summed E-state index contributed by atoms with van der Waals surface area (Å²) in [6, 6.07) is 8.39. The molecule has 0 aliphatic heterocycles. The molecule has 1 N–H and O–H groups in total. The number of nitrogens with one attached hydrogen (secondary N) is 1. The molecule has 0 saturated carbocycles. The van der Waals surface area contributed by atoms with Crippen LogP contribution >= 0.6 is 0 Å². The van der Waals surface area contributed by atoms with Crippen LogP contribution < -0.4 is 14.4 Å². The molecule has 1 heterocycles. The van der Waals surface area contributed by atoms with E-state index in [1.54, 1.807) is 30.3 Å². The third kappa shape index (κ3) is 4.85. The molecule has 0 radical (unpaired) electrons. The van der Waals surface area contributed by atoms with E-state index in [-0.39, 0.29) is 16.5 Å². The second-order valence-corrected chi connectivity index (χ2v) is 7.67. The Bertz CT molecular complexity index is 817. The molecule has 0 atom stereocenters. The standard InChI is InChI=1S/C18H26N4O3S/c1-5-11-22(12-6-2)18-10-9-17(19-20-18)21-26(23,24)16-13-14(3)7-8-15(16)25-4/h7-10,13H,5-6,11-12H2,1-4H3,(H,19,21). The van der Waals surface area contributed by atoms with Crippen molar-refractivity contribution >= 4 is 21.7 Å². The molecule has 1 aromatic carbocycles. The van der Waals surface area contributed by atoms with Crippen molar-refractivity contribution in [1.29, 1.82) is 0 Å². The predicted octanol–water partition coefficient (Wildman–Crippen LogP) is 3.22. The van der Waals surface area contributed by atoms with Crippen molar-refractivity contribution in [2.45, 2.75) is 38.5 Å². The van der Waals surface area contributed by atoms with Crippen molar-refractivity contribution in [2.75, 3.05) is 29.8 Å². The van der Waals surface area contributed by atoms with Gasteiger partial charge in [-0.2, -0.15) is 0 Å². The van der Waals surface area contributed by atoms with E-state index in [1.807, 2.05) is 6.92 Å². The molecule has 2 rings (SSSR count). The normalized spacial score (nSPS) is 11.2. The zero-order valence-corrected chi connectivity index (χ0v) is 16.5. The minimum absolute atomic E-state index is 0.0736. The Balaban J connectivity index is 2.24. The van der Waals surface area contributed by atoms with Crippen LogP contribution in [0.1, 0.15) is 32.3 Å². The fourth-order valence-corrected chi connectivity index (χ4v) is 3.87. The second kappa shape index (κ2) is 8.84. The van der Waals surface area contributed by atoms with Crippen molar-refractivity contribution in [3.05, 3.63) is 35.9 Å². The Kier molecular flexibility index (Phi) is 6.79. The highest BCUT2D eigenvalue weighted by Gasteiger charge is 2.20. The third-order valence-electron chi connectivity index (χ3n) is 3.81. The first-order chi connectivity index (χ1) is 12.4. The van der Waals surface area contributed by atoms with Gasteiger partial charge in [-0.05, 0) is 49.6 Å². The van der Waals surface area contributed by atoms with Gasteiger partial charge >= 0.3 is 0 Å². The van der Waals surface area contributed by atoms with Crippen molar-refractivity contribution in [3.8, 4) is 5.75 Å². The molecule has 0 saturated heterocycles. The van der Waals surface area contributed by atoms with E-state index in [9.17, 15) is 8.42 Å². The molecule has 0 unspecified atom stereocenters. The maximum absolute atomic E-state index is 12.7. The highest BCUT2D eigenvalue weighted by molar-refractivity contribution is 7.92. The molecule has 7 nitrogen and oxygen atoms in total. The van der Waals surface area contributed by atoms with Crippen molar-refractivity contribution in [2.24, 2.45) is 0 Å². The molecule has 0 amide bonds. The van der Waals surface area contributed by atoms with Gasteiger partial charge < -0.3 is 9.64 Å². The number of anilines is 2. The van der Waals surface area contributed by atoms with E-state index < -0.39 is 10.0 Å². The number of aromatic nitrogens is 2. The van der Waals surface area contributed by atoms with Crippen LogP contribution in [0.5, 0.6) is 5.75 Å². The van der Waals surface area contributed by atoms with Gasteiger partial charge in [0.15, 0.2) is 11.6 Å². The summed E-state index contributed by atoms with van der Waals surface area (Å²) in [5, 5.41) is 8.20. The van der Waals surface area contributed by atoms with Crippen LogP contribution in [0.25, 0.3) is 0 Å². The summed E-state index contributed by atoms with van der Waals surface area (Å²) < 4.78 is 33.0. The second-order valence-electron chi connectivity index (χ2n) is 6.02. The van der Waals surface area contributed by atoms with E-state index in [4.69, 9.17) is 4.74 Å². The monoisotopic (exact) mass is 378 g/mol. The van der Waals surface area contributed by atoms with Crippen molar-refractivity contribution < 1.29 is 13.2 Å². The Hall–Kier alpha value is -2.35. The first-order valence-electron chi connectivity index (χ1n) is 8.67. The number of sulfonamides is 1. The first-order valence-corrected chi connectivity index (χ1v) is 10.2. The molecule has 26 heavy (non-hydrogen) atoms. The summed E-state index contributed by atoms with van der Waals surface area (Å²) in [5.41, 5.74) is 0.822. The first kappa shape index (κ1) is 20.0. The molecule has 0 spiro atoms. The van der Waals surface area contributed by atoms with Gasteiger partial charge in [0.2, 0.25) is 0 Å². The molecule has 0 fully saturated rings. The van der Waals surface area contributed by atoms with Crippen molar-refractivity contribution in [1.82, 2.24) is 10.2 Å². The lowest BCUT2D eigenvalue weighted by Gasteiger charge is -2.21. The van der Waals surface area contributed by atoms with Crippen LogP contribution in [0.2, 0.25) is 0 Å². The molecule has 1 aromatic heterocycles. The maximum atomic E-state index is 12.7. The van der Waals surface area contributed by atoms with Gasteiger partial charge in [0.25, 0.3) is 10.0 Å². The fraction of sp³-hybridized carbons (Fsp3) is 0.444. The lowest BCUT2D eigenvalue weighted by atomic mass is 10.2. The molecule has 8 heteroatoms. The van der Waals surface area contributed by atoms with E-state index >= 15 is 0 Å². The largest absolute Gasteiger partial charge is 0.495 e. The van der Waals surface area contributed by atoms with Gasteiger partial charge in [-0.3, -0.25) is 4.72 Å². The zero-order valence-electron chi connectivity index (χ0n) is 15.7. The molecule has 0 aliphatic rings.